The number of hydrogen-bond acceptors (Lipinski definition) is 4. The van der Waals surface area contributed by atoms with E-state index >= 15 is 0 Å². The van der Waals surface area contributed by atoms with Crippen LogP contribution in [0.4, 0.5) is 0 Å². The highest BCUT2D eigenvalue weighted by Gasteiger charge is 2.37. The third-order valence-electron chi connectivity index (χ3n) is 5.98. The van der Waals surface area contributed by atoms with Gasteiger partial charge in [0.25, 0.3) is 0 Å². The van der Waals surface area contributed by atoms with E-state index in [9.17, 15) is 4.57 Å². The first-order valence-corrected chi connectivity index (χ1v) is 13.9. The Kier molecular flexibility index (Phi) is 7.72. The Balaban J connectivity index is 2.13. The molecule has 0 radical (unpaired) electrons. The first-order chi connectivity index (χ1) is 16.5. The minimum Gasteiger partial charge on any atom is -0.386 e. The molecule has 5 heteroatoms. The molecule has 0 aliphatic heterocycles. The summed E-state index contributed by atoms with van der Waals surface area (Å²) >= 11 is 0. The molecule has 0 fully saturated rings. The fourth-order valence-corrected chi connectivity index (χ4v) is 5.17. The number of rotatable bonds is 6. The topological polar surface area (TPSA) is 44.8 Å². The Hall–Kier alpha value is -2.71. The molecule has 0 aliphatic rings. The summed E-state index contributed by atoms with van der Waals surface area (Å²) in [5, 5.41) is 0. The third kappa shape index (κ3) is 6.95. The van der Waals surface area contributed by atoms with Crippen molar-refractivity contribution in [3.05, 3.63) is 89.0 Å². The molecular formula is C31H41O4P. The summed E-state index contributed by atoms with van der Waals surface area (Å²) < 4.78 is 32.8. The maximum Gasteiger partial charge on any atom is 0.647 e. The standard InChI is InChI=1S/C31H41O4P/c1-22-16-18-27(25(20-22)30(5,6)7)34-36(32,33-24-14-12-11-13-15-24)35-28-19-17-23(29(2,3)4)21-26(28)31(8,9)10/h11-21H,1-10H3. The molecule has 0 saturated heterocycles. The van der Waals surface area contributed by atoms with Gasteiger partial charge in [-0.3, -0.25) is 0 Å². The summed E-state index contributed by atoms with van der Waals surface area (Å²) in [6, 6.07) is 20.9. The van der Waals surface area contributed by atoms with Crippen LogP contribution in [-0.4, -0.2) is 0 Å². The van der Waals surface area contributed by atoms with E-state index in [-0.39, 0.29) is 16.2 Å². The fourth-order valence-electron chi connectivity index (χ4n) is 3.88. The molecule has 0 aliphatic carbocycles. The van der Waals surface area contributed by atoms with E-state index in [1.165, 1.54) is 5.56 Å². The van der Waals surface area contributed by atoms with Crippen molar-refractivity contribution >= 4 is 7.82 Å². The molecule has 3 aromatic rings. The number of benzene rings is 3. The van der Waals surface area contributed by atoms with Crippen molar-refractivity contribution in [1.82, 2.24) is 0 Å². The smallest absolute Gasteiger partial charge is 0.386 e. The molecule has 0 amide bonds. The fraction of sp³-hybridized carbons (Fsp3) is 0.419. The highest BCUT2D eigenvalue weighted by molar-refractivity contribution is 7.49. The molecule has 1 unspecified atom stereocenters. The van der Waals surface area contributed by atoms with Crippen molar-refractivity contribution in [2.45, 2.75) is 85.5 Å². The van der Waals surface area contributed by atoms with E-state index < -0.39 is 7.82 Å². The molecule has 3 aromatic carbocycles. The number of para-hydroxylation sites is 1. The summed E-state index contributed by atoms with van der Waals surface area (Å²) in [5.41, 5.74) is 3.62. The number of phosphoric acid groups is 1. The van der Waals surface area contributed by atoms with Gasteiger partial charge in [-0.05, 0) is 53.0 Å². The van der Waals surface area contributed by atoms with Crippen molar-refractivity contribution in [1.29, 1.82) is 0 Å². The Labute approximate surface area is 217 Å². The van der Waals surface area contributed by atoms with Crippen LogP contribution in [0.25, 0.3) is 0 Å². The Morgan fingerprint density at radius 1 is 0.583 bits per heavy atom. The summed E-state index contributed by atoms with van der Waals surface area (Å²) in [5.74, 6) is 1.38. The number of hydrogen-bond donors (Lipinski definition) is 0. The van der Waals surface area contributed by atoms with E-state index in [2.05, 4.69) is 74.4 Å². The second-order valence-corrected chi connectivity index (χ2v) is 13.9. The quantitative estimate of drug-likeness (QED) is 0.311. The molecule has 194 valence electrons. The van der Waals surface area contributed by atoms with Crippen LogP contribution in [0, 0.1) is 6.92 Å². The Morgan fingerprint density at radius 3 is 1.58 bits per heavy atom. The third-order valence-corrected chi connectivity index (χ3v) is 7.25. The number of phosphoric ester groups is 1. The largest absolute Gasteiger partial charge is 0.647 e. The highest BCUT2D eigenvalue weighted by Crippen LogP contribution is 2.53. The van der Waals surface area contributed by atoms with Gasteiger partial charge >= 0.3 is 7.82 Å². The van der Waals surface area contributed by atoms with Crippen LogP contribution in [0.5, 0.6) is 17.2 Å². The van der Waals surface area contributed by atoms with Gasteiger partial charge < -0.3 is 13.6 Å². The van der Waals surface area contributed by atoms with Gasteiger partial charge in [0, 0.05) is 11.1 Å². The van der Waals surface area contributed by atoms with Crippen molar-refractivity contribution in [2.75, 3.05) is 0 Å². The summed E-state index contributed by atoms with van der Waals surface area (Å²) in [6.45, 7) is 21.2. The van der Waals surface area contributed by atoms with Gasteiger partial charge in [-0.1, -0.05) is 110 Å². The van der Waals surface area contributed by atoms with Crippen molar-refractivity contribution in [2.24, 2.45) is 0 Å². The summed E-state index contributed by atoms with van der Waals surface area (Å²) in [6.07, 6.45) is 0. The number of aryl methyl sites for hydroxylation is 1. The van der Waals surface area contributed by atoms with Crippen molar-refractivity contribution < 1.29 is 18.1 Å². The van der Waals surface area contributed by atoms with Crippen LogP contribution in [0.3, 0.4) is 0 Å². The molecule has 0 saturated carbocycles. The maximum atomic E-state index is 14.4. The average Bonchev–Trinajstić information content (AvgIpc) is 2.73. The lowest BCUT2D eigenvalue weighted by molar-refractivity contribution is 0.293. The SMILES string of the molecule is Cc1ccc(OP(=O)(Oc2ccccc2)Oc2ccc(C(C)(C)C)cc2C(C)(C)C)c(C(C)(C)C)c1. The van der Waals surface area contributed by atoms with Crippen LogP contribution in [0.1, 0.15) is 84.6 Å². The normalized spacial score (nSPS) is 14.2. The summed E-state index contributed by atoms with van der Waals surface area (Å²) in [7, 11) is -4.15. The molecule has 3 rings (SSSR count). The van der Waals surface area contributed by atoms with Crippen LogP contribution in [0.15, 0.2) is 66.7 Å². The maximum absolute atomic E-state index is 14.4. The van der Waals surface area contributed by atoms with Gasteiger partial charge in [-0.2, -0.15) is 4.57 Å². The van der Waals surface area contributed by atoms with Gasteiger partial charge in [-0.25, -0.2) is 0 Å². The molecule has 0 aromatic heterocycles. The van der Waals surface area contributed by atoms with E-state index in [1.807, 2.05) is 49.4 Å². The average molecular weight is 509 g/mol. The van der Waals surface area contributed by atoms with Gasteiger partial charge in [0.05, 0.1) is 0 Å². The van der Waals surface area contributed by atoms with Gasteiger partial charge in [0.1, 0.15) is 17.2 Å². The minimum absolute atomic E-state index is 0.0389. The molecule has 36 heavy (non-hydrogen) atoms. The highest BCUT2D eigenvalue weighted by atomic mass is 31.2. The van der Waals surface area contributed by atoms with E-state index in [0.717, 1.165) is 16.7 Å². The van der Waals surface area contributed by atoms with Gasteiger partial charge in [0.15, 0.2) is 0 Å². The molecule has 4 nitrogen and oxygen atoms in total. The zero-order valence-electron chi connectivity index (χ0n) is 23.4. The van der Waals surface area contributed by atoms with Crippen LogP contribution >= 0.6 is 7.82 Å². The second-order valence-electron chi connectivity index (χ2n) is 12.5. The van der Waals surface area contributed by atoms with Crippen molar-refractivity contribution in [3.63, 3.8) is 0 Å². The van der Waals surface area contributed by atoms with Crippen molar-refractivity contribution in [3.8, 4) is 17.2 Å². The lowest BCUT2D eigenvalue weighted by atomic mass is 9.80. The first kappa shape index (κ1) is 27.9. The van der Waals surface area contributed by atoms with Crippen LogP contribution in [0.2, 0.25) is 0 Å². The Morgan fingerprint density at radius 2 is 1.08 bits per heavy atom. The van der Waals surface area contributed by atoms with Crippen LogP contribution in [-0.2, 0) is 20.8 Å². The van der Waals surface area contributed by atoms with E-state index in [1.54, 1.807) is 12.1 Å². The molecular weight excluding hydrogens is 467 g/mol. The lowest BCUT2D eigenvalue weighted by Gasteiger charge is -2.29. The zero-order valence-corrected chi connectivity index (χ0v) is 24.3. The van der Waals surface area contributed by atoms with E-state index in [0.29, 0.717) is 17.2 Å². The summed E-state index contributed by atoms with van der Waals surface area (Å²) in [4.78, 5) is 0. The first-order valence-electron chi connectivity index (χ1n) is 12.5. The van der Waals surface area contributed by atoms with Gasteiger partial charge in [0.2, 0.25) is 0 Å². The molecule has 0 heterocycles. The van der Waals surface area contributed by atoms with E-state index in [4.69, 9.17) is 13.6 Å². The molecule has 1 atom stereocenters. The second kappa shape index (κ2) is 9.98. The Bertz CT molecular complexity index is 1240. The zero-order chi connectivity index (χ0) is 26.9. The monoisotopic (exact) mass is 508 g/mol. The van der Waals surface area contributed by atoms with Gasteiger partial charge in [-0.15, -0.1) is 0 Å². The molecule has 0 N–H and O–H groups in total. The minimum atomic E-state index is -4.15. The van der Waals surface area contributed by atoms with Crippen LogP contribution < -0.4 is 13.6 Å². The predicted octanol–water partition coefficient (Wildman–Crippen LogP) is 9.53. The lowest BCUT2D eigenvalue weighted by Crippen LogP contribution is -2.19. The molecule has 0 bridgehead atoms. The molecule has 0 spiro atoms. The predicted molar refractivity (Wildman–Crippen MR) is 150 cm³/mol.